The van der Waals surface area contributed by atoms with Gasteiger partial charge in [0.05, 0.1) is 4.88 Å². The summed E-state index contributed by atoms with van der Waals surface area (Å²) in [5.41, 5.74) is 0. The zero-order valence-corrected chi connectivity index (χ0v) is 12.7. The van der Waals surface area contributed by atoms with Crippen molar-refractivity contribution in [3.05, 3.63) is 22.4 Å². The first-order valence-electron chi connectivity index (χ1n) is 6.91. The van der Waals surface area contributed by atoms with Crippen LogP contribution in [0.1, 0.15) is 29.4 Å². The van der Waals surface area contributed by atoms with Crippen LogP contribution in [0.5, 0.6) is 0 Å². The summed E-state index contributed by atoms with van der Waals surface area (Å²) in [5.74, 6) is -0.207. The molecular weight excluding hydrogens is 274 g/mol. The number of likely N-dealkylation sites (N-methyl/N-ethyl adjacent to an activating group) is 1. The van der Waals surface area contributed by atoms with Gasteiger partial charge in [-0.2, -0.15) is 0 Å². The van der Waals surface area contributed by atoms with Crippen LogP contribution >= 0.6 is 11.3 Å². The van der Waals surface area contributed by atoms with E-state index in [1.54, 1.807) is 17.9 Å². The lowest BCUT2D eigenvalue weighted by atomic mass is 10.0. The van der Waals surface area contributed by atoms with Crippen LogP contribution in [0.15, 0.2) is 17.5 Å². The minimum atomic E-state index is -0.496. The molecule has 1 unspecified atom stereocenters. The highest BCUT2D eigenvalue weighted by molar-refractivity contribution is 7.12. The quantitative estimate of drug-likeness (QED) is 0.874. The summed E-state index contributed by atoms with van der Waals surface area (Å²) in [6.45, 7) is 3.63. The Morgan fingerprint density at radius 1 is 1.45 bits per heavy atom. The van der Waals surface area contributed by atoms with Crippen LogP contribution in [0.3, 0.4) is 0 Å². The van der Waals surface area contributed by atoms with Crippen molar-refractivity contribution in [1.29, 1.82) is 0 Å². The summed E-state index contributed by atoms with van der Waals surface area (Å²) >= 11 is 1.38. The molecule has 0 spiro atoms. The molecule has 0 aromatic carbocycles. The summed E-state index contributed by atoms with van der Waals surface area (Å²) in [4.78, 5) is 26.7. The van der Waals surface area contributed by atoms with Crippen LogP contribution in [0.2, 0.25) is 0 Å². The highest BCUT2D eigenvalue weighted by Crippen LogP contribution is 2.12. The molecule has 6 heteroatoms. The Morgan fingerprint density at radius 2 is 2.15 bits per heavy atom. The number of hydrogen-bond donors (Lipinski definition) is 2. The Morgan fingerprint density at radius 3 is 2.75 bits per heavy atom. The Bertz CT molecular complexity index is 455. The monoisotopic (exact) mass is 295 g/mol. The van der Waals surface area contributed by atoms with Crippen LogP contribution < -0.4 is 10.6 Å². The molecule has 2 heterocycles. The van der Waals surface area contributed by atoms with E-state index in [0.29, 0.717) is 4.88 Å². The zero-order valence-electron chi connectivity index (χ0n) is 11.9. The first kappa shape index (κ1) is 15.0. The van der Waals surface area contributed by atoms with Gasteiger partial charge in [0.1, 0.15) is 6.04 Å². The molecule has 1 saturated heterocycles. The van der Waals surface area contributed by atoms with E-state index in [4.69, 9.17) is 0 Å². The van der Waals surface area contributed by atoms with Gasteiger partial charge in [0, 0.05) is 13.1 Å². The number of thiophene rings is 1. The van der Waals surface area contributed by atoms with Gasteiger partial charge in [0.15, 0.2) is 0 Å². The first-order valence-corrected chi connectivity index (χ1v) is 7.79. The van der Waals surface area contributed by atoms with E-state index >= 15 is 0 Å². The smallest absolute Gasteiger partial charge is 0.261 e. The summed E-state index contributed by atoms with van der Waals surface area (Å²) < 4.78 is 0. The highest BCUT2D eigenvalue weighted by Gasteiger charge is 2.26. The minimum absolute atomic E-state index is 0.0261. The van der Waals surface area contributed by atoms with Gasteiger partial charge in [0.2, 0.25) is 5.91 Å². The van der Waals surface area contributed by atoms with Gasteiger partial charge >= 0.3 is 0 Å². The SMILES string of the molecule is CC(NC(=O)c1cccs1)C(=O)N(C)C1CCNCC1. The molecule has 20 heavy (non-hydrogen) atoms. The van der Waals surface area contributed by atoms with E-state index in [9.17, 15) is 9.59 Å². The van der Waals surface area contributed by atoms with Crippen molar-refractivity contribution >= 4 is 23.2 Å². The Balaban J connectivity index is 1.89. The Kier molecular flexibility index (Phi) is 5.14. The number of nitrogens with zero attached hydrogens (tertiary/aromatic N) is 1. The minimum Gasteiger partial charge on any atom is -0.341 e. The normalized spacial score (nSPS) is 17.5. The number of hydrogen-bond acceptors (Lipinski definition) is 4. The Labute approximate surface area is 123 Å². The van der Waals surface area contributed by atoms with Crippen LogP contribution in [0.4, 0.5) is 0 Å². The fraction of sp³-hybridized carbons (Fsp3) is 0.571. The number of carbonyl (C=O) groups is 2. The summed E-state index contributed by atoms with van der Waals surface area (Å²) in [6.07, 6.45) is 1.93. The van der Waals surface area contributed by atoms with Crippen molar-refractivity contribution in [3.63, 3.8) is 0 Å². The van der Waals surface area contributed by atoms with Gasteiger partial charge in [-0.15, -0.1) is 11.3 Å². The third kappa shape index (κ3) is 3.58. The third-order valence-corrected chi connectivity index (χ3v) is 4.54. The fourth-order valence-corrected chi connectivity index (χ4v) is 3.04. The van der Waals surface area contributed by atoms with Crippen LogP contribution in [0.25, 0.3) is 0 Å². The topological polar surface area (TPSA) is 61.4 Å². The molecule has 1 fully saturated rings. The van der Waals surface area contributed by atoms with E-state index in [-0.39, 0.29) is 17.9 Å². The van der Waals surface area contributed by atoms with Gasteiger partial charge in [-0.3, -0.25) is 9.59 Å². The van der Waals surface area contributed by atoms with Gasteiger partial charge in [-0.1, -0.05) is 6.07 Å². The molecule has 1 aromatic heterocycles. The van der Waals surface area contributed by atoms with E-state index in [1.165, 1.54) is 11.3 Å². The molecule has 2 N–H and O–H groups in total. The van der Waals surface area contributed by atoms with Crippen LogP contribution in [-0.2, 0) is 4.79 Å². The number of carbonyl (C=O) groups excluding carboxylic acids is 2. The van der Waals surface area contributed by atoms with Crippen molar-refractivity contribution in [3.8, 4) is 0 Å². The van der Waals surface area contributed by atoms with E-state index in [1.807, 2.05) is 18.5 Å². The van der Waals surface area contributed by atoms with E-state index in [2.05, 4.69) is 10.6 Å². The van der Waals surface area contributed by atoms with Crippen molar-refractivity contribution in [2.24, 2.45) is 0 Å². The molecule has 1 aromatic rings. The van der Waals surface area contributed by atoms with Gasteiger partial charge < -0.3 is 15.5 Å². The maximum absolute atomic E-state index is 12.3. The molecule has 1 aliphatic rings. The second-order valence-corrected chi connectivity index (χ2v) is 6.05. The summed E-state index contributed by atoms with van der Waals surface area (Å²) in [7, 11) is 1.83. The summed E-state index contributed by atoms with van der Waals surface area (Å²) in [6, 6.07) is 3.36. The lowest BCUT2D eigenvalue weighted by molar-refractivity contribution is -0.134. The van der Waals surface area contributed by atoms with Crippen molar-refractivity contribution in [2.75, 3.05) is 20.1 Å². The molecule has 2 rings (SSSR count). The van der Waals surface area contributed by atoms with Crippen molar-refractivity contribution in [2.45, 2.75) is 31.8 Å². The second-order valence-electron chi connectivity index (χ2n) is 5.10. The number of nitrogens with one attached hydrogen (secondary N) is 2. The molecule has 5 nitrogen and oxygen atoms in total. The lowest BCUT2D eigenvalue weighted by Crippen LogP contribution is -2.51. The third-order valence-electron chi connectivity index (χ3n) is 3.67. The Hall–Kier alpha value is -1.40. The molecule has 0 bridgehead atoms. The van der Waals surface area contributed by atoms with Crippen molar-refractivity contribution < 1.29 is 9.59 Å². The highest BCUT2D eigenvalue weighted by atomic mass is 32.1. The average Bonchev–Trinajstić information content (AvgIpc) is 3.01. The fourth-order valence-electron chi connectivity index (χ4n) is 2.42. The lowest BCUT2D eigenvalue weighted by Gasteiger charge is -2.33. The number of amides is 2. The van der Waals surface area contributed by atoms with Gasteiger partial charge in [-0.05, 0) is 44.3 Å². The predicted molar refractivity (Wildman–Crippen MR) is 79.9 cm³/mol. The first-order chi connectivity index (χ1) is 9.59. The molecular formula is C14H21N3O2S. The molecule has 2 amide bonds. The predicted octanol–water partition coefficient (Wildman–Crippen LogP) is 1.08. The maximum Gasteiger partial charge on any atom is 0.261 e. The largest absolute Gasteiger partial charge is 0.341 e. The van der Waals surface area contributed by atoms with Gasteiger partial charge in [-0.25, -0.2) is 0 Å². The maximum atomic E-state index is 12.3. The number of piperidine rings is 1. The van der Waals surface area contributed by atoms with E-state index in [0.717, 1.165) is 25.9 Å². The zero-order chi connectivity index (χ0) is 14.5. The molecule has 0 saturated carbocycles. The molecule has 1 aliphatic heterocycles. The van der Waals surface area contributed by atoms with Crippen molar-refractivity contribution in [1.82, 2.24) is 15.5 Å². The number of rotatable bonds is 4. The van der Waals surface area contributed by atoms with Gasteiger partial charge in [0.25, 0.3) is 5.91 Å². The molecule has 1 atom stereocenters. The summed E-state index contributed by atoms with van der Waals surface area (Å²) in [5, 5.41) is 7.90. The van der Waals surface area contributed by atoms with E-state index < -0.39 is 6.04 Å². The second kappa shape index (κ2) is 6.85. The molecule has 0 aliphatic carbocycles. The van der Waals surface area contributed by atoms with Crippen LogP contribution in [-0.4, -0.2) is 48.9 Å². The molecule has 110 valence electrons. The van der Waals surface area contributed by atoms with Crippen LogP contribution in [0, 0.1) is 0 Å². The average molecular weight is 295 g/mol. The molecule has 0 radical (unpaired) electrons. The standard InChI is InChI=1S/C14H21N3O2S/c1-10(16-13(18)12-4-3-9-20-12)14(19)17(2)11-5-7-15-8-6-11/h3-4,9-11,15H,5-8H2,1-2H3,(H,16,18).